The van der Waals surface area contributed by atoms with Crippen LogP contribution in [0.2, 0.25) is 0 Å². The van der Waals surface area contributed by atoms with Crippen molar-refractivity contribution in [1.82, 2.24) is 10.2 Å². The second-order valence-electron chi connectivity index (χ2n) is 2.56. The van der Waals surface area contributed by atoms with Crippen molar-refractivity contribution in [3.8, 4) is 0 Å². The number of hydrogen-bond donors (Lipinski definition) is 0. The van der Waals surface area contributed by atoms with Crippen molar-refractivity contribution in [3.63, 3.8) is 0 Å². The van der Waals surface area contributed by atoms with Crippen LogP contribution in [-0.4, -0.2) is 29.4 Å². The van der Waals surface area contributed by atoms with E-state index in [1.165, 1.54) is 0 Å². The fourth-order valence-electron chi connectivity index (χ4n) is 1.17. The fraction of sp³-hybridized carbons (Fsp3) is 0.750. The zero-order valence-electron chi connectivity index (χ0n) is 7.45. The summed E-state index contributed by atoms with van der Waals surface area (Å²) in [7, 11) is 0. The first kappa shape index (κ1) is 8.56. The molecule has 0 aliphatic carbocycles. The minimum Gasteiger partial charge on any atom is -0.290 e. The highest BCUT2D eigenvalue weighted by Crippen LogP contribution is 2.14. The van der Waals surface area contributed by atoms with Crippen LogP contribution in [0.4, 0.5) is 0 Å². The van der Waals surface area contributed by atoms with Gasteiger partial charge in [-0.3, -0.25) is 9.85 Å². The van der Waals surface area contributed by atoms with E-state index in [4.69, 9.17) is 4.84 Å². The summed E-state index contributed by atoms with van der Waals surface area (Å²) < 4.78 is 0. The van der Waals surface area contributed by atoms with Crippen molar-refractivity contribution in [2.45, 2.75) is 26.8 Å². The van der Waals surface area contributed by atoms with Gasteiger partial charge < -0.3 is 0 Å². The van der Waals surface area contributed by atoms with Gasteiger partial charge in [0.2, 0.25) is 0 Å². The molecule has 1 aliphatic rings. The van der Waals surface area contributed by atoms with E-state index in [1.54, 1.807) is 0 Å². The van der Waals surface area contributed by atoms with Crippen LogP contribution in [0.3, 0.4) is 0 Å². The van der Waals surface area contributed by atoms with Crippen LogP contribution in [0.5, 0.6) is 0 Å². The molecule has 0 aromatic heterocycles. The monoisotopic (exact) mass is 156 g/mol. The third kappa shape index (κ3) is 1.73. The van der Waals surface area contributed by atoms with Crippen molar-refractivity contribution >= 4 is 0 Å². The van der Waals surface area contributed by atoms with E-state index in [9.17, 15) is 0 Å². The topological polar surface area (TPSA) is 15.7 Å². The third-order valence-corrected chi connectivity index (χ3v) is 1.72. The summed E-state index contributed by atoms with van der Waals surface area (Å²) in [6.07, 6.45) is 4.18. The fourth-order valence-corrected chi connectivity index (χ4v) is 1.17. The number of hydrogen-bond acceptors (Lipinski definition) is 3. The number of hydrazine groups is 1. The summed E-state index contributed by atoms with van der Waals surface area (Å²) in [5.74, 6) is 0. The van der Waals surface area contributed by atoms with Crippen molar-refractivity contribution in [2.24, 2.45) is 0 Å². The third-order valence-electron chi connectivity index (χ3n) is 1.72. The lowest BCUT2D eigenvalue weighted by Gasteiger charge is -2.29. The Labute approximate surface area is 68.2 Å². The molecule has 11 heavy (non-hydrogen) atoms. The van der Waals surface area contributed by atoms with Gasteiger partial charge in [-0.05, 0) is 26.8 Å². The first-order chi connectivity index (χ1) is 5.29. The van der Waals surface area contributed by atoms with E-state index >= 15 is 0 Å². The molecule has 1 aliphatic heterocycles. The zero-order chi connectivity index (χ0) is 8.27. The predicted octanol–water partition coefficient (Wildman–Crippen LogP) is 1.39. The van der Waals surface area contributed by atoms with Crippen LogP contribution < -0.4 is 0 Å². The van der Waals surface area contributed by atoms with Crippen LogP contribution in [0, 0.1) is 0 Å². The Hall–Kier alpha value is -0.540. The maximum Gasteiger partial charge on any atom is 0.0734 e. The van der Waals surface area contributed by atoms with Gasteiger partial charge in [-0.15, -0.1) is 0 Å². The lowest BCUT2D eigenvalue weighted by molar-refractivity contribution is -0.266. The molecular weight excluding hydrogens is 140 g/mol. The summed E-state index contributed by atoms with van der Waals surface area (Å²) in [4.78, 5) is 5.42. The van der Waals surface area contributed by atoms with E-state index < -0.39 is 0 Å². The highest BCUT2D eigenvalue weighted by molar-refractivity contribution is 4.95. The maximum absolute atomic E-state index is 5.42. The number of rotatable bonds is 3. The molecular formula is C8H16N2O. The molecule has 0 amide bonds. The molecule has 1 atom stereocenters. The molecule has 0 bridgehead atoms. The minimum atomic E-state index is 0.370. The first-order valence-corrected chi connectivity index (χ1v) is 4.16. The maximum atomic E-state index is 5.42. The van der Waals surface area contributed by atoms with Gasteiger partial charge in [0.1, 0.15) is 0 Å². The van der Waals surface area contributed by atoms with Gasteiger partial charge in [0.25, 0.3) is 0 Å². The molecule has 3 heteroatoms. The SMILES string of the molecule is CCON1C(C)C=CN1CC. The number of hydroxylamine groups is 1. The van der Waals surface area contributed by atoms with Gasteiger partial charge >= 0.3 is 0 Å². The van der Waals surface area contributed by atoms with Crippen molar-refractivity contribution in [3.05, 3.63) is 12.3 Å². The van der Waals surface area contributed by atoms with Crippen LogP contribution in [0.1, 0.15) is 20.8 Å². The average Bonchev–Trinajstić information content (AvgIpc) is 2.34. The largest absolute Gasteiger partial charge is 0.290 e. The minimum absolute atomic E-state index is 0.370. The Morgan fingerprint density at radius 1 is 1.45 bits per heavy atom. The lowest BCUT2D eigenvalue weighted by atomic mass is 10.4. The lowest BCUT2D eigenvalue weighted by Crippen LogP contribution is -2.39. The summed E-state index contributed by atoms with van der Waals surface area (Å²) in [6.45, 7) is 7.90. The Morgan fingerprint density at radius 2 is 2.18 bits per heavy atom. The summed E-state index contributed by atoms with van der Waals surface area (Å²) >= 11 is 0. The molecule has 1 rings (SSSR count). The van der Waals surface area contributed by atoms with Crippen LogP contribution in [-0.2, 0) is 4.84 Å². The van der Waals surface area contributed by atoms with Crippen LogP contribution >= 0.6 is 0 Å². The second kappa shape index (κ2) is 3.74. The highest BCUT2D eigenvalue weighted by Gasteiger charge is 2.21. The van der Waals surface area contributed by atoms with Gasteiger partial charge in [-0.2, -0.15) is 0 Å². The van der Waals surface area contributed by atoms with Gasteiger partial charge in [-0.25, -0.2) is 0 Å². The van der Waals surface area contributed by atoms with Crippen LogP contribution in [0.15, 0.2) is 12.3 Å². The first-order valence-electron chi connectivity index (χ1n) is 4.16. The molecule has 0 N–H and O–H groups in total. The van der Waals surface area contributed by atoms with Crippen molar-refractivity contribution in [2.75, 3.05) is 13.2 Å². The number of nitrogens with zero attached hydrogens (tertiary/aromatic N) is 2. The van der Waals surface area contributed by atoms with Gasteiger partial charge in [0.05, 0.1) is 12.6 Å². The molecule has 0 spiro atoms. The zero-order valence-corrected chi connectivity index (χ0v) is 7.45. The summed E-state index contributed by atoms with van der Waals surface area (Å²) in [5.41, 5.74) is 0. The Kier molecular flexibility index (Phi) is 2.91. The van der Waals surface area contributed by atoms with Gasteiger partial charge in [-0.1, -0.05) is 5.17 Å². The Balaban J connectivity index is 2.47. The molecule has 0 aromatic rings. The van der Waals surface area contributed by atoms with Crippen LogP contribution in [0.25, 0.3) is 0 Å². The average molecular weight is 156 g/mol. The predicted molar refractivity (Wildman–Crippen MR) is 44.4 cm³/mol. The van der Waals surface area contributed by atoms with Gasteiger partial charge in [0.15, 0.2) is 0 Å². The molecule has 0 aromatic carbocycles. The van der Waals surface area contributed by atoms with Crippen molar-refractivity contribution in [1.29, 1.82) is 0 Å². The molecule has 1 unspecified atom stereocenters. The molecule has 64 valence electrons. The molecule has 1 heterocycles. The molecule has 3 nitrogen and oxygen atoms in total. The smallest absolute Gasteiger partial charge is 0.0734 e. The quantitative estimate of drug-likeness (QED) is 0.614. The summed E-state index contributed by atoms with van der Waals surface area (Å²) in [6, 6.07) is 0.370. The van der Waals surface area contributed by atoms with Gasteiger partial charge in [0, 0.05) is 12.7 Å². The molecule has 0 saturated heterocycles. The summed E-state index contributed by atoms with van der Waals surface area (Å²) in [5, 5.41) is 3.97. The molecule has 0 fully saturated rings. The molecule has 0 saturated carbocycles. The Morgan fingerprint density at radius 3 is 2.73 bits per heavy atom. The Bertz CT molecular complexity index is 147. The van der Waals surface area contributed by atoms with E-state index in [0.717, 1.165) is 13.2 Å². The standard InChI is InChI=1S/C8H16N2O/c1-4-9-7-6-8(3)10(9)11-5-2/h6-8H,4-5H2,1-3H3. The normalized spacial score (nSPS) is 25.0. The van der Waals surface area contributed by atoms with E-state index in [-0.39, 0.29) is 0 Å². The van der Waals surface area contributed by atoms with E-state index in [1.807, 2.05) is 12.1 Å². The van der Waals surface area contributed by atoms with E-state index in [0.29, 0.717) is 6.04 Å². The molecule has 0 radical (unpaired) electrons. The highest BCUT2D eigenvalue weighted by atomic mass is 16.7. The van der Waals surface area contributed by atoms with E-state index in [2.05, 4.69) is 31.1 Å². The second-order valence-corrected chi connectivity index (χ2v) is 2.56. The van der Waals surface area contributed by atoms with Crippen molar-refractivity contribution < 1.29 is 4.84 Å².